The molecule has 6 heteroatoms. The molecule has 0 fully saturated rings. The number of thiazole rings is 1. The predicted molar refractivity (Wildman–Crippen MR) is 76.1 cm³/mol. The normalized spacial score (nSPS) is 14.5. The average molecular weight is 295 g/mol. The lowest BCUT2D eigenvalue weighted by molar-refractivity contribution is 0.112. The van der Waals surface area contributed by atoms with Crippen LogP contribution in [0.2, 0.25) is 5.15 Å². The number of hydrogen-bond donors (Lipinski definition) is 0. The van der Waals surface area contributed by atoms with E-state index in [4.69, 9.17) is 16.3 Å². The minimum atomic E-state index is 0.262. The van der Waals surface area contributed by atoms with Crippen molar-refractivity contribution in [2.45, 2.75) is 6.42 Å². The fourth-order valence-corrected chi connectivity index (χ4v) is 3.12. The Hall–Kier alpha value is -1.59. The smallest absolute Gasteiger partial charge is 0.192 e. The molecule has 1 aromatic carbocycles. The van der Waals surface area contributed by atoms with Crippen molar-refractivity contribution in [3.05, 3.63) is 34.3 Å². The molecule has 0 atom stereocenters. The van der Waals surface area contributed by atoms with E-state index in [1.54, 1.807) is 0 Å². The van der Waals surface area contributed by atoms with Gasteiger partial charge in [-0.15, -0.1) is 0 Å². The molecule has 1 aliphatic rings. The van der Waals surface area contributed by atoms with E-state index in [1.165, 1.54) is 11.3 Å². The Balaban J connectivity index is 2.06. The number of carbonyl (C=O) groups is 1. The highest BCUT2D eigenvalue weighted by Crippen LogP contribution is 2.38. The maximum Gasteiger partial charge on any atom is 0.192 e. The van der Waals surface area contributed by atoms with E-state index >= 15 is 0 Å². The summed E-state index contributed by atoms with van der Waals surface area (Å²) in [5.41, 5.74) is 0.961. The highest BCUT2D eigenvalue weighted by Gasteiger charge is 2.21. The maximum absolute atomic E-state index is 10.9. The summed E-state index contributed by atoms with van der Waals surface area (Å²) in [6.45, 7) is 1.46. The first-order valence-corrected chi connectivity index (χ1v) is 7.10. The molecule has 3 rings (SSSR count). The number of ether oxygens (including phenoxy) is 1. The molecule has 0 radical (unpaired) electrons. The largest absolute Gasteiger partial charge is 0.491 e. The lowest BCUT2D eigenvalue weighted by atomic mass is 10.2. The van der Waals surface area contributed by atoms with Gasteiger partial charge in [0.15, 0.2) is 16.6 Å². The summed E-state index contributed by atoms with van der Waals surface area (Å²) in [4.78, 5) is 17.7. The Bertz CT molecular complexity index is 614. The number of anilines is 2. The molecular weight excluding hydrogens is 284 g/mol. The summed E-state index contributed by atoms with van der Waals surface area (Å²) >= 11 is 7.24. The molecule has 19 heavy (non-hydrogen) atoms. The van der Waals surface area contributed by atoms with Crippen molar-refractivity contribution in [1.29, 1.82) is 0 Å². The fraction of sp³-hybridized carbons (Fsp3) is 0.231. The van der Waals surface area contributed by atoms with Crippen LogP contribution >= 0.6 is 22.9 Å². The van der Waals surface area contributed by atoms with Crippen LogP contribution in [0.1, 0.15) is 16.1 Å². The Morgan fingerprint density at radius 2 is 2.26 bits per heavy atom. The average Bonchev–Trinajstić information content (AvgIpc) is 2.68. The molecule has 0 N–H and O–H groups in total. The summed E-state index contributed by atoms with van der Waals surface area (Å²) < 4.78 is 5.70. The van der Waals surface area contributed by atoms with Crippen molar-refractivity contribution >= 4 is 40.0 Å². The first-order chi connectivity index (χ1) is 9.29. The first-order valence-electron chi connectivity index (χ1n) is 5.90. The van der Waals surface area contributed by atoms with E-state index < -0.39 is 0 Å². The number of hydrogen-bond acceptors (Lipinski definition) is 5. The number of carbonyl (C=O) groups excluding carboxylic acids is 1. The molecule has 0 bridgehead atoms. The molecule has 2 heterocycles. The molecule has 0 unspecified atom stereocenters. The van der Waals surface area contributed by atoms with Crippen molar-refractivity contribution in [1.82, 2.24) is 4.98 Å². The number of para-hydroxylation sites is 2. The van der Waals surface area contributed by atoms with Crippen LogP contribution in [0.3, 0.4) is 0 Å². The van der Waals surface area contributed by atoms with Gasteiger partial charge in [-0.25, -0.2) is 4.98 Å². The van der Waals surface area contributed by atoms with Gasteiger partial charge in [-0.1, -0.05) is 35.1 Å². The van der Waals surface area contributed by atoms with Gasteiger partial charge in [0.25, 0.3) is 0 Å². The van der Waals surface area contributed by atoms with Gasteiger partial charge >= 0.3 is 0 Å². The molecule has 4 nitrogen and oxygen atoms in total. The number of aromatic nitrogens is 1. The molecule has 0 saturated heterocycles. The van der Waals surface area contributed by atoms with Crippen LogP contribution < -0.4 is 9.64 Å². The monoisotopic (exact) mass is 294 g/mol. The summed E-state index contributed by atoms with van der Waals surface area (Å²) in [5.74, 6) is 0.832. The van der Waals surface area contributed by atoms with Crippen LogP contribution in [0, 0.1) is 0 Å². The van der Waals surface area contributed by atoms with Gasteiger partial charge in [0.2, 0.25) is 0 Å². The summed E-state index contributed by atoms with van der Waals surface area (Å²) in [5, 5.41) is 0.989. The zero-order valence-corrected chi connectivity index (χ0v) is 11.6. The molecule has 0 saturated carbocycles. The van der Waals surface area contributed by atoms with E-state index in [-0.39, 0.29) is 5.15 Å². The van der Waals surface area contributed by atoms with Gasteiger partial charge in [0, 0.05) is 6.54 Å². The van der Waals surface area contributed by atoms with Gasteiger partial charge in [0.1, 0.15) is 10.6 Å². The molecule has 1 aromatic heterocycles. The second-order valence-corrected chi connectivity index (χ2v) is 5.46. The van der Waals surface area contributed by atoms with Crippen LogP contribution in [-0.4, -0.2) is 24.4 Å². The molecule has 0 aliphatic carbocycles. The third kappa shape index (κ3) is 2.31. The Morgan fingerprint density at radius 3 is 3.05 bits per heavy atom. The van der Waals surface area contributed by atoms with Crippen LogP contribution in [-0.2, 0) is 0 Å². The fourth-order valence-electron chi connectivity index (χ4n) is 2.02. The molecule has 2 aromatic rings. The topological polar surface area (TPSA) is 42.4 Å². The second-order valence-electron chi connectivity index (χ2n) is 4.09. The number of fused-ring (bicyclic) bond motifs is 1. The van der Waals surface area contributed by atoms with Crippen LogP contribution in [0.5, 0.6) is 5.75 Å². The third-order valence-corrected chi connectivity index (χ3v) is 4.28. The van der Waals surface area contributed by atoms with Crippen molar-refractivity contribution in [3.63, 3.8) is 0 Å². The number of halogens is 1. The highest BCUT2D eigenvalue weighted by atomic mass is 35.5. The molecular formula is C13H11ClN2O2S. The Labute approximate surface area is 119 Å². The third-order valence-electron chi connectivity index (χ3n) is 2.88. The number of nitrogens with zero attached hydrogens (tertiary/aromatic N) is 2. The van der Waals surface area contributed by atoms with Crippen molar-refractivity contribution < 1.29 is 9.53 Å². The number of rotatable bonds is 2. The number of benzene rings is 1. The maximum atomic E-state index is 10.9. The molecule has 98 valence electrons. The summed E-state index contributed by atoms with van der Waals surface area (Å²) in [7, 11) is 0. The van der Waals surface area contributed by atoms with Crippen molar-refractivity contribution in [2.24, 2.45) is 0 Å². The van der Waals surface area contributed by atoms with E-state index in [2.05, 4.69) is 4.98 Å². The van der Waals surface area contributed by atoms with Gasteiger partial charge in [-0.2, -0.15) is 0 Å². The second kappa shape index (κ2) is 5.19. The zero-order chi connectivity index (χ0) is 13.2. The lowest BCUT2D eigenvalue weighted by Gasteiger charge is -2.20. The summed E-state index contributed by atoms with van der Waals surface area (Å²) in [6, 6.07) is 7.81. The van der Waals surface area contributed by atoms with E-state index in [0.29, 0.717) is 11.5 Å². The SMILES string of the molecule is O=Cc1sc(N2CCCOc3ccccc32)nc1Cl. The van der Waals surface area contributed by atoms with Crippen molar-refractivity contribution in [2.75, 3.05) is 18.1 Å². The van der Waals surface area contributed by atoms with Crippen LogP contribution in [0.15, 0.2) is 24.3 Å². The van der Waals surface area contributed by atoms with E-state index in [9.17, 15) is 4.79 Å². The zero-order valence-electron chi connectivity index (χ0n) is 10.0. The lowest BCUT2D eigenvalue weighted by Crippen LogP contribution is -2.17. The van der Waals surface area contributed by atoms with Gasteiger partial charge in [-0.05, 0) is 18.6 Å². The minimum absolute atomic E-state index is 0.262. The highest BCUT2D eigenvalue weighted by molar-refractivity contribution is 7.17. The van der Waals surface area contributed by atoms with Crippen molar-refractivity contribution in [3.8, 4) is 5.75 Å². The van der Waals surface area contributed by atoms with Crippen LogP contribution in [0.25, 0.3) is 0 Å². The Morgan fingerprint density at radius 1 is 1.42 bits per heavy atom. The molecule has 1 aliphatic heterocycles. The quantitative estimate of drug-likeness (QED) is 0.795. The summed E-state index contributed by atoms with van der Waals surface area (Å²) in [6.07, 6.45) is 1.63. The minimum Gasteiger partial charge on any atom is -0.491 e. The van der Waals surface area contributed by atoms with E-state index in [0.717, 1.165) is 35.8 Å². The van der Waals surface area contributed by atoms with Gasteiger partial charge in [-0.3, -0.25) is 4.79 Å². The Kier molecular flexibility index (Phi) is 3.40. The molecule has 0 amide bonds. The first kappa shape index (κ1) is 12.4. The standard InChI is InChI=1S/C13H11ClN2O2S/c14-12-11(8-17)19-13(15-12)16-6-3-7-18-10-5-2-1-4-9(10)16/h1-2,4-5,8H,3,6-7H2. The molecule has 0 spiro atoms. The number of aldehydes is 1. The van der Waals surface area contributed by atoms with Crippen LogP contribution in [0.4, 0.5) is 10.8 Å². The van der Waals surface area contributed by atoms with E-state index in [1.807, 2.05) is 29.2 Å². The van der Waals surface area contributed by atoms with Gasteiger partial charge in [0.05, 0.1) is 12.3 Å². The van der Waals surface area contributed by atoms with Gasteiger partial charge < -0.3 is 9.64 Å². The predicted octanol–water partition coefficient (Wildman–Crippen LogP) is 3.53.